The molecule has 0 unspecified atom stereocenters. The van der Waals surface area contributed by atoms with Gasteiger partial charge in [0.25, 0.3) is 0 Å². The fourth-order valence-corrected chi connectivity index (χ4v) is 4.54. The first-order valence-electron chi connectivity index (χ1n) is 11.0. The third-order valence-electron chi connectivity index (χ3n) is 5.22. The number of aromatic nitrogens is 1. The minimum Gasteiger partial charge on any atom is -0.457 e. The Kier molecular flexibility index (Phi) is 7.49. The molecule has 0 aliphatic carbocycles. The van der Waals surface area contributed by atoms with Gasteiger partial charge in [0.15, 0.2) is 10.7 Å². The molecule has 0 saturated carbocycles. The average molecular weight is 587 g/mol. The van der Waals surface area contributed by atoms with Gasteiger partial charge in [-0.3, -0.25) is 10.1 Å². The molecule has 0 aliphatic rings. The van der Waals surface area contributed by atoms with E-state index in [2.05, 4.69) is 15.6 Å². The second-order valence-electron chi connectivity index (χ2n) is 7.96. The van der Waals surface area contributed by atoms with Crippen LogP contribution in [0.2, 0.25) is 15.1 Å². The summed E-state index contributed by atoms with van der Waals surface area (Å²) in [6.45, 7) is 0. The molecular formula is C27H15Cl3FN3O3S. The molecule has 0 saturated heterocycles. The van der Waals surface area contributed by atoms with Gasteiger partial charge < -0.3 is 14.2 Å². The molecular weight excluding hydrogens is 572 g/mol. The second-order valence-corrected chi connectivity index (χ2v) is 9.65. The lowest BCUT2D eigenvalue weighted by molar-refractivity contribution is -0.115. The Labute approximate surface area is 236 Å². The zero-order valence-electron chi connectivity index (χ0n) is 19.1. The van der Waals surface area contributed by atoms with Gasteiger partial charge in [-0.25, -0.2) is 9.37 Å². The van der Waals surface area contributed by atoms with E-state index in [9.17, 15) is 9.18 Å². The number of hydrogen-bond acceptors (Lipinski definition) is 5. The Morgan fingerprint density at radius 2 is 1.74 bits per heavy atom. The zero-order chi connectivity index (χ0) is 26.8. The van der Waals surface area contributed by atoms with Gasteiger partial charge in [-0.2, -0.15) is 0 Å². The second kappa shape index (κ2) is 11.0. The van der Waals surface area contributed by atoms with Gasteiger partial charge >= 0.3 is 0 Å². The van der Waals surface area contributed by atoms with Crippen LogP contribution < -0.4 is 10.6 Å². The predicted octanol–water partition coefficient (Wildman–Crippen LogP) is 8.38. The first-order valence-corrected chi connectivity index (χ1v) is 12.5. The van der Waals surface area contributed by atoms with Gasteiger partial charge in [-0.15, -0.1) is 0 Å². The molecule has 2 aromatic heterocycles. The molecule has 0 spiro atoms. The Balaban J connectivity index is 1.21. The quantitative estimate of drug-likeness (QED) is 0.159. The molecule has 6 nitrogen and oxygen atoms in total. The van der Waals surface area contributed by atoms with Gasteiger partial charge in [-0.05, 0) is 85.0 Å². The number of furan rings is 1. The molecule has 38 heavy (non-hydrogen) atoms. The number of amides is 1. The maximum Gasteiger partial charge on any atom is 0.250 e. The van der Waals surface area contributed by atoms with Gasteiger partial charge in [0.2, 0.25) is 11.8 Å². The van der Waals surface area contributed by atoms with Crippen LogP contribution in [0.1, 0.15) is 5.76 Å². The number of fused-ring (bicyclic) bond motifs is 1. The smallest absolute Gasteiger partial charge is 0.250 e. The van der Waals surface area contributed by atoms with Crippen molar-refractivity contribution < 1.29 is 18.0 Å². The molecule has 1 amide bonds. The van der Waals surface area contributed by atoms with Crippen LogP contribution in [0.4, 0.5) is 10.1 Å². The number of anilines is 1. The van der Waals surface area contributed by atoms with E-state index < -0.39 is 11.7 Å². The SMILES string of the molecule is O=C(/C=C/c1ccc(-c2cc(Cl)cc(Cl)c2)o1)NC(=S)Nc1ccc2oc(-c3ccc(F)cc3Cl)nc2c1. The number of nitrogens with one attached hydrogen (secondary N) is 2. The van der Waals surface area contributed by atoms with Crippen molar-refractivity contribution in [2.45, 2.75) is 0 Å². The van der Waals surface area contributed by atoms with E-state index in [0.717, 1.165) is 0 Å². The number of carbonyl (C=O) groups is 1. The van der Waals surface area contributed by atoms with E-state index in [1.165, 1.54) is 30.4 Å². The first-order chi connectivity index (χ1) is 18.2. The number of rotatable bonds is 5. The zero-order valence-corrected chi connectivity index (χ0v) is 22.2. The number of thiocarbonyl (C=S) groups is 1. The molecule has 0 fully saturated rings. The summed E-state index contributed by atoms with van der Waals surface area (Å²) in [5, 5.41) is 6.74. The van der Waals surface area contributed by atoms with Crippen LogP contribution in [-0.4, -0.2) is 16.0 Å². The lowest BCUT2D eigenvalue weighted by atomic mass is 10.2. The lowest BCUT2D eigenvalue weighted by Gasteiger charge is -2.07. The number of nitrogens with zero attached hydrogens (tertiary/aromatic N) is 1. The monoisotopic (exact) mass is 585 g/mol. The highest BCUT2D eigenvalue weighted by Crippen LogP contribution is 2.32. The summed E-state index contributed by atoms with van der Waals surface area (Å²) in [7, 11) is 0. The van der Waals surface area contributed by atoms with Crippen LogP contribution in [0.3, 0.4) is 0 Å². The highest BCUT2D eigenvalue weighted by molar-refractivity contribution is 7.80. The van der Waals surface area contributed by atoms with Gasteiger partial charge in [0, 0.05) is 27.4 Å². The van der Waals surface area contributed by atoms with Gasteiger partial charge in [0.05, 0.1) is 10.6 Å². The maximum atomic E-state index is 13.4. The summed E-state index contributed by atoms with van der Waals surface area (Å²) >= 11 is 23.5. The van der Waals surface area contributed by atoms with E-state index in [4.69, 9.17) is 55.9 Å². The Hall–Kier alpha value is -3.69. The third kappa shape index (κ3) is 6.06. The van der Waals surface area contributed by atoms with Crippen LogP contribution in [0, 0.1) is 5.82 Å². The number of halogens is 4. The van der Waals surface area contributed by atoms with Crippen molar-refractivity contribution in [2.24, 2.45) is 0 Å². The topological polar surface area (TPSA) is 80.3 Å². The molecule has 190 valence electrons. The van der Waals surface area contributed by atoms with Crippen LogP contribution in [0.15, 0.2) is 81.6 Å². The molecule has 11 heteroatoms. The largest absolute Gasteiger partial charge is 0.457 e. The summed E-state index contributed by atoms with van der Waals surface area (Å²) in [4.78, 5) is 16.8. The molecule has 3 aromatic carbocycles. The minimum absolute atomic E-state index is 0.0815. The highest BCUT2D eigenvalue weighted by atomic mass is 35.5. The average Bonchev–Trinajstić information content (AvgIpc) is 3.49. The molecule has 0 bridgehead atoms. The van der Waals surface area contributed by atoms with Crippen molar-refractivity contribution in [1.82, 2.24) is 10.3 Å². The Morgan fingerprint density at radius 3 is 2.50 bits per heavy atom. The first kappa shape index (κ1) is 25.9. The minimum atomic E-state index is -0.456. The summed E-state index contributed by atoms with van der Waals surface area (Å²) < 4.78 is 24.8. The van der Waals surface area contributed by atoms with E-state index in [-0.39, 0.29) is 16.0 Å². The van der Waals surface area contributed by atoms with E-state index in [1.54, 1.807) is 48.5 Å². The number of benzene rings is 3. The van der Waals surface area contributed by atoms with Crippen molar-refractivity contribution in [2.75, 3.05) is 5.32 Å². The molecule has 0 aliphatic heterocycles. The fourth-order valence-electron chi connectivity index (χ4n) is 3.55. The van der Waals surface area contributed by atoms with Crippen molar-refractivity contribution in [3.8, 4) is 22.8 Å². The van der Waals surface area contributed by atoms with E-state index in [0.29, 0.717) is 49.5 Å². The Morgan fingerprint density at radius 1 is 0.947 bits per heavy atom. The maximum absolute atomic E-state index is 13.4. The van der Waals surface area contributed by atoms with Crippen LogP contribution in [0.5, 0.6) is 0 Å². The summed E-state index contributed by atoms with van der Waals surface area (Å²) in [6.07, 6.45) is 2.80. The summed E-state index contributed by atoms with van der Waals surface area (Å²) in [6, 6.07) is 17.6. The van der Waals surface area contributed by atoms with Gasteiger partial charge in [0.1, 0.15) is 22.9 Å². The van der Waals surface area contributed by atoms with Gasteiger partial charge in [-0.1, -0.05) is 34.8 Å². The van der Waals surface area contributed by atoms with Crippen LogP contribution in [0.25, 0.3) is 40.0 Å². The molecule has 5 aromatic rings. The van der Waals surface area contributed by atoms with Crippen molar-refractivity contribution in [3.05, 3.63) is 99.5 Å². The fraction of sp³-hybridized carbons (Fsp3) is 0. The molecule has 0 atom stereocenters. The lowest BCUT2D eigenvalue weighted by Crippen LogP contribution is -2.32. The van der Waals surface area contributed by atoms with Crippen LogP contribution in [-0.2, 0) is 4.79 Å². The Bertz CT molecular complexity index is 1710. The molecule has 2 heterocycles. The van der Waals surface area contributed by atoms with Crippen molar-refractivity contribution >= 4 is 80.9 Å². The number of hydrogen-bond donors (Lipinski definition) is 2. The molecule has 0 radical (unpaired) electrons. The highest BCUT2D eigenvalue weighted by Gasteiger charge is 2.13. The normalized spacial score (nSPS) is 11.3. The molecule has 5 rings (SSSR count). The number of carbonyl (C=O) groups excluding carboxylic acids is 1. The van der Waals surface area contributed by atoms with Crippen molar-refractivity contribution in [3.63, 3.8) is 0 Å². The van der Waals surface area contributed by atoms with E-state index >= 15 is 0 Å². The standard InChI is InChI=1S/C27H15Cl3FN3O3S/c28-15-9-14(10-16(29)11-15)23-7-3-19(36-23)4-8-25(35)34-27(38)32-18-2-6-24-22(13-18)33-26(37-24)20-5-1-17(31)12-21(20)30/h1-13H,(H2,32,34,35,38)/b8-4+. The van der Waals surface area contributed by atoms with Crippen molar-refractivity contribution in [1.29, 1.82) is 0 Å². The summed E-state index contributed by atoms with van der Waals surface area (Å²) in [5.74, 6) is 0.353. The molecule has 2 N–H and O–H groups in total. The third-order valence-corrected chi connectivity index (χ3v) is 6.17. The van der Waals surface area contributed by atoms with E-state index in [1.807, 2.05) is 0 Å². The predicted molar refractivity (Wildman–Crippen MR) is 152 cm³/mol. The summed E-state index contributed by atoms with van der Waals surface area (Å²) in [5.41, 5.74) is 2.78. The number of oxazole rings is 1. The van der Waals surface area contributed by atoms with Crippen LogP contribution >= 0.6 is 47.0 Å².